The van der Waals surface area contributed by atoms with E-state index >= 15 is 0 Å². The molecular weight excluding hydrogens is 552 g/mol. The monoisotopic (exact) mass is 584 g/mol. The normalized spacial score (nSPS) is 11.4. The zero-order chi connectivity index (χ0) is 30.9. The number of carboxylic acids is 1. The van der Waals surface area contributed by atoms with E-state index in [0.29, 0.717) is 29.1 Å². The van der Waals surface area contributed by atoms with Crippen molar-refractivity contribution in [3.63, 3.8) is 0 Å². The third kappa shape index (κ3) is 7.02. The van der Waals surface area contributed by atoms with E-state index in [1.165, 1.54) is 6.08 Å². The van der Waals surface area contributed by atoms with Crippen LogP contribution in [0.5, 0.6) is 5.75 Å². The number of anilines is 2. The van der Waals surface area contributed by atoms with Gasteiger partial charge in [-0.05, 0) is 47.4 Å². The summed E-state index contributed by atoms with van der Waals surface area (Å²) in [5.41, 5.74) is 2.95. The number of nitrogens with zero attached hydrogens (tertiary/aromatic N) is 1. The zero-order valence-electron chi connectivity index (χ0n) is 24.1. The fourth-order valence-corrected chi connectivity index (χ4v) is 5.06. The van der Waals surface area contributed by atoms with Gasteiger partial charge in [0.05, 0.1) is 12.2 Å². The van der Waals surface area contributed by atoms with Crippen LogP contribution in [0.25, 0.3) is 10.8 Å². The summed E-state index contributed by atoms with van der Waals surface area (Å²) in [6.45, 7) is 4.21. The van der Waals surface area contributed by atoms with Gasteiger partial charge in [-0.1, -0.05) is 97.6 Å². The molecule has 2 N–H and O–H groups in total. The molecule has 44 heavy (non-hydrogen) atoms. The third-order valence-corrected chi connectivity index (χ3v) is 7.28. The summed E-state index contributed by atoms with van der Waals surface area (Å²) < 4.78 is 5.95. The van der Waals surface area contributed by atoms with Crippen LogP contribution in [0, 0.1) is 0 Å². The Morgan fingerprint density at radius 2 is 1.50 bits per heavy atom. The van der Waals surface area contributed by atoms with Gasteiger partial charge in [-0.2, -0.15) is 0 Å². The molecule has 1 atom stereocenters. The Morgan fingerprint density at radius 1 is 0.818 bits per heavy atom. The number of benzene rings is 5. The smallest absolute Gasteiger partial charge is 0.326 e. The molecule has 0 aromatic heterocycles. The van der Waals surface area contributed by atoms with Crippen molar-refractivity contribution in [1.29, 1.82) is 0 Å². The van der Waals surface area contributed by atoms with E-state index in [-0.39, 0.29) is 24.7 Å². The average Bonchev–Trinajstić information content (AvgIpc) is 3.07. The second kappa shape index (κ2) is 14.0. The summed E-state index contributed by atoms with van der Waals surface area (Å²) in [6.07, 6.45) is 1.48. The highest BCUT2D eigenvalue weighted by atomic mass is 16.5. The Morgan fingerprint density at radius 3 is 2.25 bits per heavy atom. The summed E-state index contributed by atoms with van der Waals surface area (Å²) in [4.78, 5) is 39.7. The number of ether oxygens (including phenoxy) is 1. The number of fused-ring (bicyclic) bond motifs is 1. The molecule has 0 aliphatic carbocycles. The molecule has 1 amide bonds. The first-order valence-electron chi connectivity index (χ1n) is 14.3. The number of ketones is 1. The minimum Gasteiger partial charge on any atom is -0.492 e. The maximum Gasteiger partial charge on any atom is 0.326 e. The van der Waals surface area contributed by atoms with Gasteiger partial charge in [0.2, 0.25) is 0 Å². The zero-order valence-corrected chi connectivity index (χ0v) is 24.1. The van der Waals surface area contributed by atoms with Crippen LogP contribution < -0.4 is 15.0 Å². The number of hydrogen-bond acceptors (Lipinski definition) is 5. The molecule has 0 heterocycles. The van der Waals surface area contributed by atoms with Crippen molar-refractivity contribution in [3.8, 4) is 5.75 Å². The molecule has 5 rings (SSSR count). The van der Waals surface area contributed by atoms with Gasteiger partial charge in [-0.15, -0.1) is 0 Å². The molecule has 5 aromatic carbocycles. The highest BCUT2D eigenvalue weighted by Gasteiger charge is 2.21. The van der Waals surface area contributed by atoms with Crippen LogP contribution in [0.4, 0.5) is 11.4 Å². The van der Waals surface area contributed by atoms with Crippen molar-refractivity contribution in [1.82, 2.24) is 0 Å². The molecule has 0 saturated heterocycles. The van der Waals surface area contributed by atoms with Crippen LogP contribution in [0.15, 0.2) is 134 Å². The lowest BCUT2D eigenvalue weighted by Gasteiger charge is -2.23. The first kappa shape index (κ1) is 29.8. The molecule has 7 nitrogen and oxygen atoms in total. The van der Waals surface area contributed by atoms with E-state index in [0.717, 1.165) is 22.0 Å². The van der Waals surface area contributed by atoms with Crippen molar-refractivity contribution < 1.29 is 24.2 Å². The highest BCUT2D eigenvalue weighted by Crippen LogP contribution is 2.27. The van der Waals surface area contributed by atoms with Gasteiger partial charge in [0.15, 0.2) is 5.78 Å². The number of hydrogen-bond donors (Lipinski definition) is 2. The predicted molar refractivity (Wildman–Crippen MR) is 174 cm³/mol. The Bertz CT molecular complexity index is 1780. The number of carboxylic acid groups (broad SMARTS) is 1. The van der Waals surface area contributed by atoms with E-state index < -0.39 is 12.0 Å². The molecule has 220 valence electrons. The highest BCUT2D eigenvalue weighted by molar-refractivity contribution is 6.12. The summed E-state index contributed by atoms with van der Waals surface area (Å²) in [7, 11) is 0. The molecule has 0 bridgehead atoms. The summed E-state index contributed by atoms with van der Waals surface area (Å²) in [5, 5.41) is 15.0. The fraction of sp³-hybridized carbons (Fsp3) is 0.108. The van der Waals surface area contributed by atoms with Crippen molar-refractivity contribution >= 4 is 39.8 Å². The molecule has 0 radical (unpaired) electrons. The Kier molecular flexibility index (Phi) is 9.47. The Labute approximate surface area is 256 Å². The van der Waals surface area contributed by atoms with Crippen LogP contribution in [0.3, 0.4) is 0 Å². The van der Waals surface area contributed by atoms with E-state index in [4.69, 9.17) is 4.74 Å². The topological polar surface area (TPSA) is 95.9 Å². The minimum atomic E-state index is -1.03. The molecule has 0 fully saturated rings. The SMILES string of the molecule is C=CC(=O)N(CCOc1ccc(C[C@H](Nc2ccccc2C(=O)c2ccccc2)C(=O)O)cc1)c1cccc2ccccc12. The standard InChI is InChI=1S/C37H32N2O5/c1-2-35(40)39(34-18-10-14-27-11-6-7-15-30(27)34)23-24-44-29-21-19-26(20-22-29)25-33(37(42)43)38-32-17-9-8-16-31(32)36(41)28-12-4-3-5-13-28/h2-22,33,38H,1,23-25H2,(H,42,43)/t33-/m0/s1. The molecular formula is C37H32N2O5. The van der Waals surface area contributed by atoms with Gasteiger partial charge in [0.25, 0.3) is 5.91 Å². The van der Waals surface area contributed by atoms with Crippen molar-refractivity contribution in [2.24, 2.45) is 0 Å². The summed E-state index contributed by atoms with van der Waals surface area (Å²) in [5.74, 6) is -0.850. The lowest BCUT2D eigenvalue weighted by molar-refractivity contribution is -0.137. The quantitative estimate of drug-likeness (QED) is 0.117. The van der Waals surface area contributed by atoms with Gasteiger partial charge in [-0.3, -0.25) is 9.59 Å². The third-order valence-electron chi connectivity index (χ3n) is 7.28. The van der Waals surface area contributed by atoms with Gasteiger partial charge in [-0.25, -0.2) is 4.79 Å². The minimum absolute atomic E-state index is 0.187. The largest absolute Gasteiger partial charge is 0.492 e. The van der Waals surface area contributed by atoms with Crippen LogP contribution in [0.2, 0.25) is 0 Å². The van der Waals surface area contributed by atoms with Gasteiger partial charge >= 0.3 is 5.97 Å². The molecule has 0 aliphatic heterocycles. The predicted octanol–water partition coefficient (Wildman–Crippen LogP) is 6.78. The lowest BCUT2D eigenvalue weighted by Crippen LogP contribution is -2.33. The number of para-hydroxylation sites is 1. The lowest BCUT2D eigenvalue weighted by atomic mass is 10.00. The molecule has 0 aliphatic rings. The van der Waals surface area contributed by atoms with Gasteiger partial charge in [0.1, 0.15) is 18.4 Å². The van der Waals surface area contributed by atoms with Crippen molar-refractivity contribution in [2.75, 3.05) is 23.4 Å². The van der Waals surface area contributed by atoms with Gasteiger partial charge < -0.3 is 20.1 Å². The fourth-order valence-electron chi connectivity index (χ4n) is 5.06. The molecule has 0 spiro atoms. The summed E-state index contributed by atoms with van der Waals surface area (Å²) in [6, 6.07) is 35.7. The second-order valence-corrected chi connectivity index (χ2v) is 10.2. The van der Waals surface area contributed by atoms with Crippen LogP contribution >= 0.6 is 0 Å². The summed E-state index contributed by atoms with van der Waals surface area (Å²) >= 11 is 0. The van der Waals surface area contributed by atoms with E-state index in [1.807, 2.05) is 60.7 Å². The first-order valence-corrected chi connectivity index (χ1v) is 14.3. The number of amides is 1. The van der Waals surface area contributed by atoms with Crippen LogP contribution in [-0.2, 0) is 16.0 Å². The molecule has 5 aromatic rings. The molecule has 0 unspecified atom stereocenters. The number of carbonyl (C=O) groups excluding carboxylic acids is 2. The van der Waals surface area contributed by atoms with E-state index in [1.54, 1.807) is 65.6 Å². The Hall–Kier alpha value is -5.69. The van der Waals surface area contributed by atoms with E-state index in [2.05, 4.69) is 11.9 Å². The van der Waals surface area contributed by atoms with Crippen molar-refractivity contribution in [3.05, 3.63) is 151 Å². The average molecular weight is 585 g/mol. The molecule has 0 saturated carbocycles. The second-order valence-electron chi connectivity index (χ2n) is 10.2. The maximum absolute atomic E-state index is 13.1. The Balaban J connectivity index is 1.23. The molecule has 7 heteroatoms. The number of rotatable bonds is 13. The van der Waals surface area contributed by atoms with Crippen LogP contribution in [-0.4, -0.2) is 42.0 Å². The van der Waals surface area contributed by atoms with Crippen molar-refractivity contribution in [2.45, 2.75) is 12.5 Å². The number of aliphatic carboxylic acids is 1. The number of nitrogens with one attached hydrogen (secondary N) is 1. The number of carbonyl (C=O) groups is 3. The first-order chi connectivity index (χ1) is 21.4. The maximum atomic E-state index is 13.1. The van der Waals surface area contributed by atoms with Gasteiger partial charge in [0, 0.05) is 28.6 Å². The van der Waals surface area contributed by atoms with Crippen LogP contribution in [0.1, 0.15) is 21.5 Å². The van der Waals surface area contributed by atoms with E-state index in [9.17, 15) is 19.5 Å².